The van der Waals surface area contributed by atoms with E-state index >= 15 is 0 Å². The van der Waals surface area contributed by atoms with Crippen molar-refractivity contribution < 1.29 is 8.28 Å². The van der Waals surface area contributed by atoms with Crippen LogP contribution in [0.2, 0.25) is 0 Å². The summed E-state index contributed by atoms with van der Waals surface area (Å²) in [5.74, 6) is -0.724. The molecule has 0 aliphatic rings. The summed E-state index contributed by atoms with van der Waals surface area (Å²) in [4.78, 5) is 12.0. The third-order valence-corrected chi connectivity index (χ3v) is 4.23. The monoisotopic (exact) mass is 421 g/mol. The van der Waals surface area contributed by atoms with Crippen molar-refractivity contribution in [3.05, 3.63) is 70.6 Å². The van der Waals surface area contributed by atoms with Crippen LogP contribution in [0.1, 0.15) is 11.3 Å². The van der Waals surface area contributed by atoms with Crippen molar-refractivity contribution in [2.75, 3.05) is 4.72 Å². The summed E-state index contributed by atoms with van der Waals surface area (Å²) >= 11 is 2.91. The number of aromatic nitrogens is 3. The number of hydrogen-bond donors (Lipinski definition) is 2. The second kappa shape index (κ2) is 7.66. The van der Waals surface area contributed by atoms with Gasteiger partial charge in [0, 0.05) is 23.5 Å². The summed E-state index contributed by atoms with van der Waals surface area (Å²) in [6.07, 6.45) is 4.68. The van der Waals surface area contributed by atoms with Crippen LogP contribution >= 0.6 is 28.3 Å². The van der Waals surface area contributed by atoms with E-state index in [9.17, 15) is 8.28 Å². The summed E-state index contributed by atoms with van der Waals surface area (Å²) in [6.45, 7) is 0. The third kappa shape index (κ3) is 3.83. The fourth-order valence-electron chi connectivity index (χ4n) is 2.15. The maximum absolute atomic E-state index is 13.7. The molecular formula is C16H10BrF2N5S. The van der Waals surface area contributed by atoms with Crippen molar-refractivity contribution in [1.29, 1.82) is 5.41 Å². The molecule has 0 radical (unpaired) electrons. The normalized spacial score (nSPS) is 10.5. The van der Waals surface area contributed by atoms with Gasteiger partial charge in [-0.2, -0.15) is 4.39 Å². The molecule has 0 spiro atoms. The Labute approximate surface area is 155 Å². The quantitative estimate of drug-likeness (QED) is 0.351. The van der Waals surface area contributed by atoms with Crippen LogP contribution in [0, 0.1) is 11.4 Å². The Balaban J connectivity index is 2.08. The van der Waals surface area contributed by atoms with Crippen molar-refractivity contribution in [2.45, 2.75) is 0 Å². The van der Waals surface area contributed by atoms with Gasteiger partial charge in [0.1, 0.15) is 0 Å². The van der Waals surface area contributed by atoms with Gasteiger partial charge in [-0.3, -0.25) is 15.4 Å². The number of anilines is 1. The lowest BCUT2D eigenvalue weighted by atomic mass is 10.0. The first-order valence-electron chi connectivity index (χ1n) is 6.95. The van der Waals surface area contributed by atoms with Gasteiger partial charge in [0.25, 0.3) is 0 Å². The van der Waals surface area contributed by atoms with E-state index in [1.165, 1.54) is 18.3 Å². The zero-order chi connectivity index (χ0) is 17.8. The van der Waals surface area contributed by atoms with E-state index in [0.717, 1.165) is 5.56 Å². The number of nitrogens with zero attached hydrogens (tertiary/aromatic N) is 3. The lowest BCUT2D eigenvalue weighted by Gasteiger charge is -2.12. The Morgan fingerprint density at radius 3 is 2.76 bits per heavy atom. The lowest BCUT2D eigenvalue weighted by Crippen LogP contribution is -2.09. The van der Waals surface area contributed by atoms with Gasteiger partial charge in [0.2, 0.25) is 5.95 Å². The summed E-state index contributed by atoms with van der Waals surface area (Å²) in [7, 11) is 0. The summed E-state index contributed by atoms with van der Waals surface area (Å²) in [6, 6.07) is 8.16. The van der Waals surface area contributed by atoms with Crippen LogP contribution in [-0.4, -0.2) is 20.7 Å². The molecule has 25 heavy (non-hydrogen) atoms. The van der Waals surface area contributed by atoms with Gasteiger partial charge in [-0.25, -0.2) is 4.98 Å². The molecule has 5 nitrogen and oxygen atoms in total. The highest BCUT2D eigenvalue weighted by molar-refractivity contribution is 9.10. The summed E-state index contributed by atoms with van der Waals surface area (Å²) in [5.41, 5.74) is 1.99. The van der Waals surface area contributed by atoms with Gasteiger partial charge < -0.3 is 4.72 Å². The second-order valence-electron chi connectivity index (χ2n) is 4.88. The molecule has 0 saturated carbocycles. The Bertz CT molecular complexity index is 924. The molecule has 9 heteroatoms. The largest absolute Gasteiger partial charge is 0.300 e. The van der Waals surface area contributed by atoms with Crippen molar-refractivity contribution in [3.63, 3.8) is 0 Å². The minimum Gasteiger partial charge on any atom is -0.300 e. The average molecular weight is 422 g/mol. The lowest BCUT2D eigenvalue weighted by molar-refractivity contribution is 0.576. The first-order valence-corrected chi connectivity index (χ1v) is 8.46. The van der Waals surface area contributed by atoms with E-state index in [1.807, 2.05) is 6.07 Å². The minimum absolute atomic E-state index is 0.0597. The highest BCUT2D eigenvalue weighted by Crippen LogP contribution is 2.26. The molecule has 3 rings (SSSR count). The van der Waals surface area contributed by atoms with Crippen LogP contribution < -0.4 is 4.72 Å². The summed E-state index contributed by atoms with van der Waals surface area (Å²) in [5, 5.41) is 8.36. The molecule has 0 aliphatic carbocycles. The van der Waals surface area contributed by atoms with Crippen molar-refractivity contribution in [1.82, 2.24) is 15.0 Å². The molecule has 3 aromatic heterocycles. The third-order valence-electron chi connectivity index (χ3n) is 3.34. The van der Waals surface area contributed by atoms with Crippen LogP contribution in [0.5, 0.6) is 0 Å². The van der Waals surface area contributed by atoms with E-state index < -0.39 is 5.95 Å². The van der Waals surface area contributed by atoms with Gasteiger partial charge >= 0.3 is 0 Å². The molecule has 0 saturated heterocycles. The molecule has 2 N–H and O–H groups in total. The predicted molar refractivity (Wildman–Crippen MR) is 97.6 cm³/mol. The van der Waals surface area contributed by atoms with E-state index in [1.54, 1.807) is 24.5 Å². The molecule has 0 aromatic carbocycles. The molecule has 0 fully saturated rings. The van der Waals surface area contributed by atoms with Crippen LogP contribution in [0.25, 0.3) is 11.3 Å². The first-order chi connectivity index (χ1) is 12.1. The molecule has 0 unspecified atom stereocenters. The first kappa shape index (κ1) is 17.4. The van der Waals surface area contributed by atoms with Gasteiger partial charge in [0.05, 0.1) is 33.5 Å². The number of hydrogen-bond acceptors (Lipinski definition) is 6. The van der Waals surface area contributed by atoms with Crippen molar-refractivity contribution in [3.8, 4) is 11.3 Å². The number of pyridine rings is 3. The fourth-order valence-corrected chi connectivity index (χ4v) is 2.62. The Morgan fingerprint density at radius 2 is 2.08 bits per heavy atom. The zero-order valence-corrected chi connectivity index (χ0v) is 14.9. The fraction of sp³-hybridized carbons (Fsp3) is 0. The molecule has 0 bridgehead atoms. The molecule has 126 valence electrons. The minimum atomic E-state index is -0.724. The van der Waals surface area contributed by atoms with Crippen molar-refractivity contribution in [2.24, 2.45) is 0 Å². The van der Waals surface area contributed by atoms with Gasteiger partial charge in [-0.1, -0.05) is 0 Å². The van der Waals surface area contributed by atoms with Crippen LogP contribution in [0.15, 0.2) is 53.4 Å². The molecule has 3 heterocycles. The number of halogens is 3. The van der Waals surface area contributed by atoms with Crippen LogP contribution in [0.4, 0.5) is 14.0 Å². The van der Waals surface area contributed by atoms with E-state index in [-0.39, 0.29) is 33.9 Å². The maximum Gasteiger partial charge on any atom is 0.227 e. The highest BCUT2D eigenvalue weighted by atomic mass is 79.9. The predicted octanol–water partition coefficient (Wildman–Crippen LogP) is 4.80. The smallest absolute Gasteiger partial charge is 0.227 e. The SMILES string of the molecule is N=C(c1ccc(Br)c(F)n1)c1cc(-c2cccnc2)ncc1NSF. The Kier molecular flexibility index (Phi) is 5.34. The highest BCUT2D eigenvalue weighted by Gasteiger charge is 2.16. The maximum atomic E-state index is 13.7. The van der Waals surface area contributed by atoms with Crippen molar-refractivity contribution >= 4 is 39.7 Å². The van der Waals surface area contributed by atoms with Gasteiger partial charge in [-0.15, -0.1) is 3.89 Å². The van der Waals surface area contributed by atoms with Crippen LogP contribution in [0.3, 0.4) is 0 Å². The zero-order valence-electron chi connectivity index (χ0n) is 12.5. The Morgan fingerprint density at radius 1 is 1.24 bits per heavy atom. The Hall–Kier alpha value is -2.39. The second-order valence-corrected chi connectivity index (χ2v) is 6.09. The van der Waals surface area contributed by atoms with Gasteiger partial charge in [-0.05, 0) is 46.3 Å². The summed E-state index contributed by atoms with van der Waals surface area (Å²) < 4.78 is 29.0. The topological polar surface area (TPSA) is 74.5 Å². The average Bonchev–Trinajstić information content (AvgIpc) is 2.65. The molecule has 0 aliphatic heterocycles. The molecule has 0 amide bonds. The van der Waals surface area contributed by atoms with E-state index in [0.29, 0.717) is 11.3 Å². The number of nitrogens with one attached hydrogen (secondary N) is 2. The van der Waals surface area contributed by atoms with E-state index in [2.05, 4.69) is 35.6 Å². The number of rotatable bonds is 5. The molecule has 0 atom stereocenters. The standard InChI is InChI=1S/C16H10BrF2N5S/c17-11-3-4-12(23-16(11)18)15(20)10-6-13(9-2-1-5-21-7-9)22-8-14(10)24-25-19/h1-8,20,24H. The van der Waals surface area contributed by atoms with Crippen LogP contribution in [-0.2, 0) is 0 Å². The molecule has 3 aromatic rings. The van der Waals surface area contributed by atoms with E-state index in [4.69, 9.17) is 5.41 Å². The molecular weight excluding hydrogens is 412 g/mol. The van der Waals surface area contributed by atoms with Gasteiger partial charge in [0.15, 0.2) is 12.3 Å².